The van der Waals surface area contributed by atoms with Crippen molar-refractivity contribution in [2.75, 3.05) is 0 Å². The maximum atomic E-state index is 13.1. The van der Waals surface area contributed by atoms with Crippen LogP contribution in [0.3, 0.4) is 0 Å². The Hall–Kier alpha value is -1.44. The van der Waals surface area contributed by atoms with Crippen LogP contribution in [0.1, 0.15) is 12.5 Å². The molecule has 1 nitrogen and oxygen atoms in total. The molecule has 0 amide bonds. The van der Waals surface area contributed by atoms with Crippen LogP contribution in [0.4, 0.5) is 4.39 Å². The van der Waals surface area contributed by atoms with Gasteiger partial charge in [0.15, 0.2) is 0 Å². The molecule has 0 atom stereocenters. The molecule has 0 heterocycles. The summed E-state index contributed by atoms with van der Waals surface area (Å²) in [6, 6.07) is 6.59. The van der Waals surface area contributed by atoms with E-state index < -0.39 is 0 Å². The lowest BCUT2D eigenvalue weighted by Crippen LogP contribution is -1.84. The third kappa shape index (κ3) is 1.78. The molecule has 2 heteroatoms. The van der Waals surface area contributed by atoms with Gasteiger partial charge in [0, 0.05) is 11.8 Å². The summed E-state index contributed by atoms with van der Waals surface area (Å²) in [6.07, 6.45) is 1.54. The molecule has 12 heavy (non-hydrogen) atoms. The molecule has 0 saturated carbocycles. The highest BCUT2D eigenvalue weighted by molar-refractivity contribution is 5.64. The number of benzene rings is 1. The van der Waals surface area contributed by atoms with Gasteiger partial charge in [0.05, 0.1) is 0 Å². The molecule has 0 aliphatic carbocycles. The second-order valence-corrected chi connectivity index (χ2v) is 2.47. The normalized spacial score (nSPS) is 11.3. The molecule has 0 aromatic heterocycles. The predicted molar refractivity (Wildman–Crippen MR) is 49.6 cm³/mol. The van der Waals surface area contributed by atoms with E-state index in [2.05, 4.69) is 11.7 Å². The van der Waals surface area contributed by atoms with Crippen LogP contribution in [-0.4, -0.2) is 6.72 Å². The number of halogens is 1. The summed E-state index contributed by atoms with van der Waals surface area (Å²) in [5, 5.41) is 0. The third-order valence-electron chi connectivity index (χ3n) is 1.58. The van der Waals surface area contributed by atoms with Crippen molar-refractivity contribution < 1.29 is 4.39 Å². The first-order valence-electron chi connectivity index (χ1n) is 3.63. The first-order valence-corrected chi connectivity index (χ1v) is 3.63. The molecule has 1 aromatic carbocycles. The van der Waals surface area contributed by atoms with Gasteiger partial charge >= 0.3 is 0 Å². The summed E-state index contributed by atoms with van der Waals surface area (Å²) in [6.45, 7) is 5.11. The molecule has 0 aliphatic rings. The Morgan fingerprint density at radius 2 is 2.17 bits per heavy atom. The van der Waals surface area contributed by atoms with Gasteiger partial charge in [-0.15, -0.1) is 0 Å². The van der Waals surface area contributed by atoms with Gasteiger partial charge in [-0.3, -0.25) is 4.99 Å². The lowest BCUT2D eigenvalue weighted by Gasteiger charge is -2.00. The molecule has 1 rings (SSSR count). The highest BCUT2D eigenvalue weighted by Gasteiger charge is 2.00. The van der Waals surface area contributed by atoms with Crippen LogP contribution in [0, 0.1) is 5.82 Å². The second-order valence-electron chi connectivity index (χ2n) is 2.47. The number of allylic oxidation sites excluding steroid dienone is 1. The first-order chi connectivity index (χ1) is 5.75. The van der Waals surface area contributed by atoms with Gasteiger partial charge in [0.25, 0.3) is 0 Å². The zero-order valence-electron chi connectivity index (χ0n) is 6.92. The minimum Gasteiger partial charge on any atom is -0.272 e. The van der Waals surface area contributed by atoms with Gasteiger partial charge in [0.2, 0.25) is 0 Å². The van der Waals surface area contributed by atoms with Crippen molar-refractivity contribution >= 4 is 12.3 Å². The fourth-order valence-corrected chi connectivity index (χ4v) is 0.987. The molecule has 0 radical (unpaired) electrons. The first kappa shape index (κ1) is 8.65. The van der Waals surface area contributed by atoms with Gasteiger partial charge < -0.3 is 0 Å². The fraction of sp³-hybridized carbons (Fsp3) is 0.100. The minimum atomic E-state index is -0.227. The van der Waals surface area contributed by atoms with Gasteiger partial charge in [-0.25, -0.2) is 4.39 Å². The number of hydrogen-bond acceptors (Lipinski definition) is 1. The van der Waals surface area contributed by atoms with Crippen molar-refractivity contribution in [2.45, 2.75) is 6.92 Å². The number of nitrogens with zero attached hydrogens (tertiary/aromatic N) is 1. The third-order valence-corrected chi connectivity index (χ3v) is 1.58. The molecule has 0 bridgehead atoms. The highest BCUT2D eigenvalue weighted by Crippen LogP contribution is 2.16. The van der Waals surface area contributed by atoms with Crippen molar-refractivity contribution in [3.63, 3.8) is 0 Å². The molecule has 0 N–H and O–H groups in total. The van der Waals surface area contributed by atoms with Crippen LogP contribution in [0.5, 0.6) is 0 Å². The summed E-state index contributed by atoms with van der Waals surface area (Å²) < 4.78 is 13.1. The molecule has 62 valence electrons. The van der Waals surface area contributed by atoms with Crippen molar-refractivity contribution in [3.05, 3.63) is 41.8 Å². The van der Waals surface area contributed by atoms with E-state index in [1.807, 2.05) is 0 Å². The maximum Gasteiger partial charge on any atom is 0.130 e. The largest absolute Gasteiger partial charge is 0.272 e. The van der Waals surface area contributed by atoms with Crippen molar-refractivity contribution in [1.82, 2.24) is 0 Å². The fourth-order valence-electron chi connectivity index (χ4n) is 0.987. The number of rotatable bonds is 2. The highest BCUT2D eigenvalue weighted by atomic mass is 19.1. The van der Waals surface area contributed by atoms with E-state index in [-0.39, 0.29) is 5.82 Å². The predicted octanol–water partition coefficient (Wildman–Crippen LogP) is 2.89. The summed E-state index contributed by atoms with van der Waals surface area (Å²) in [5.41, 5.74) is 1.35. The van der Waals surface area contributed by atoms with Crippen LogP contribution < -0.4 is 0 Å². The van der Waals surface area contributed by atoms with Crippen molar-refractivity contribution in [3.8, 4) is 0 Å². The summed E-state index contributed by atoms with van der Waals surface area (Å²) in [7, 11) is 0. The van der Waals surface area contributed by atoms with Crippen LogP contribution in [0.15, 0.2) is 35.5 Å². The number of aliphatic imine (C=N–C) groups is 1. The lowest BCUT2D eigenvalue weighted by atomic mass is 10.1. The summed E-state index contributed by atoms with van der Waals surface area (Å²) in [5.74, 6) is -0.227. The number of hydrogen-bond donors (Lipinski definition) is 0. The molecular formula is C10H10FN. The average molecular weight is 163 g/mol. The molecule has 0 spiro atoms. The van der Waals surface area contributed by atoms with Gasteiger partial charge in [-0.2, -0.15) is 0 Å². The van der Waals surface area contributed by atoms with E-state index in [1.54, 1.807) is 31.3 Å². The van der Waals surface area contributed by atoms with Crippen molar-refractivity contribution in [1.29, 1.82) is 0 Å². The zero-order chi connectivity index (χ0) is 8.97. The van der Waals surface area contributed by atoms with E-state index in [0.717, 1.165) is 5.57 Å². The van der Waals surface area contributed by atoms with Crippen LogP contribution in [-0.2, 0) is 0 Å². The Bertz CT molecular complexity index is 315. The average Bonchev–Trinajstić information content (AvgIpc) is 2.05. The molecule has 0 fully saturated rings. The van der Waals surface area contributed by atoms with E-state index in [0.29, 0.717) is 5.56 Å². The van der Waals surface area contributed by atoms with E-state index >= 15 is 0 Å². The van der Waals surface area contributed by atoms with E-state index in [4.69, 9.17) is 0 Å². The van der Waals surface area contributed by atoms with Crippen LogP contribution >= 0.6 is 0 Å². The van der Waals surface area contributed by atoms with Crippen LogP contribution in [0.2, 0.25) is 0 Å². The molecule has 0 saturated heterocycles. The molecule has 0 aliphatic heterocycles. The van der Waals surface area contributed by atoms with Crippen LogP contribution in [0.25, 0.3) is 5.57 Å². The van der Waals surface area contributed by atoms with Crippen molar-refractivity contribution in [2.24, 2.45) is 4.99 Å². The zero-order valence-corrected chi connectivity index (χ0v) is 6.92. The Balaban J connectivity index is 3.10. The second kappa shape index (κ2) is 3.81. The quantitative estimate of drug-likeness (QED) is 0.594. The smallest absolute Gasteiger partial charge is 0.130 e. The van der Waals surface area contributed by atoms with Gasteiger partial charge in [-0.05, 0) is 25.3 Å². The summed E-state index contributed by atoms with van der Waals surface area (Å²) >= 11 is 0. The van der Waals surface area contributed by atoms with Gasteiger partial charge in [0.1, 0.15) is 5.82 Å². The van der Waals surface area contributed by atoms with Gasteiger partial charge in [-0.1, -0.05) is 18.2 Å². The maximum absolute atomic E-state index is 13.1. The molecule has 0 unspecified atom stereocenters. The Labute approximate surface area is 71.3 Å². The SMILES string of the molecule is C=N/C=C(/C)c1ccccc1F. The minimum absolute atomic E-state index is 0.227. The standard InChI is InChI=1S/C10H10FN/c1-8(7-12-2)9-5-3-4-6-10(9)11/h3-7H,2H2,1H3/b8-7-. The monoisotopic (exact) mass is 163 g/mol. The lowest BCUT2D eigenvalue weighted by molar-refractivity contribution is 0.624. The Morgan fingerprint density at radius 3 is 2.75 bits per heavy atom. The Kier molecular flexibility index (Phi) is 2.75. The topological polar surface area (TPSA) is 12.4 Å². The summed E-state index contributed by atoms with van der Waals surface area (Å²) in [4.78, 5) is 3.57. The molecule has 1 aromatic rings. The Morgan fingerprint density at radius 1 is 1.50 bits per heavy atom. The van der Waals surface area contributed by atoms with E-state index in [1.165, 1.54) is 6.07 Å². The van der Waals surface area contributed by atoms with E-state index in [9.17, 15) is 4.39 Å². The molecular weight excluding hydrogens is 153 g/mol.